The molecule has 0 amide bonds. The Morgan fingerprint density at radius 3 is 2.86 bits per heavy atom. The molecule has 0 fully saturated rings. The Hall–Kier alpha value is -1.06. The van der Waals surface area contributed by atoms with Gasteiger partial charge in [-0.1, -0.05) is 24.8 Å². The van der Waals surface area contributed by atoms with E-state index in [1.807, 2.05) is 32.0 Å². The number of fused-ring (bicyclic) bond motifs is 1. The molecule has 0 atom stereocenters. The molecule has 0 saturated carbocycles. The van der Waals surface area contributed by atoms with Crippen LogP contribution in [0.15, 0.2) is 24.8 Å². The second-order valence-electron chi connectivity index (χ2n) is 4.03. The normalized spacial score (nSPS) is 18.1. The zero-order chi connectivity index (χ0) is 10.3. The maximum atomic E-state index is 9.63. The Kier molecular flexibility index (Phi) is 2.02. The molecule has 0 radical (unpaired) electrons. The molecule has 0 aromatic heterocycles. The minimum Gasteiger partial charge on any atom is -0.423 e. The first-order chi connectivity index (χ1) is 6.54. The molecule has 0 aliphatic carbocycles. The van der Waals surface area contributed by atoms with Gasteiger partial charge in [0.2, 0.25) is 0 Å². The monoisotopic (exact) mass is 188 g/mol. The lowest BCUT2D eigenvalue weighted by atomic mass is 9.78. The molecule has 14 heavy (non-hydrogen) atoms. The summed E-state index contributed by atoms with van der Waals surface area (Å²) >= 11 is 0. The van der Waals surface area contributed by atoms with Gasteiger partial charge in [-0.2, -0.15) is 0 Å². The third kappa shape index (κ3) is 1.29. The summed E-state index contributed by atoms with van der Waals surface area (Å²) in [5.74, 6) is 0. The number of hydrogen-bond acceptors (Lipinski definition) is 2. The lowest BCUT2D eigenvalue weighted by Gasteiger charge is -2.19. The molecule has 0 saturated heterocycles. The van der Waals surface area contributed by atoms with Crippen LogP contribution in [0, 0.1) is 0 Å². The summed E-state index contributed by atoms with van der Waals surface area (Å²) in [5.41, 5.74) is 2.55. The maximum Gasteiger partial charge on any atom is 0.492 e. The van der Waals surface area contributed by atoms with E-state index in [2.05, 4.69) is 6.58 Å². The molecule has 1 N–H and O–H groups in total. The Morgan fingerprint density at radius 2 is 2.21 bits per heavy atom. The first-order valence-corrected chi connectivity index (χ1v) is 4.67. The summed E-state index contributed by atoms with van der Waals surface area (Å²) in [6.07, 6.45) is 1.79. The topological polar surface area (TPSA) is 29.5 Å². The van der Waals surface area contributed by atoms with Crippen LogP contribution >= 0.6 is 0 Å². The first-order valence-electron chi connectivity index (χ1n) is 4.67. The highest BCUT2D eigenvalue weighted by molar-refractivity contribution is 6.61. The van der Waals surface area contributed by atoms with Crippen LogP contribution in [0.3, 0.4) is 0 Å². The van der Waals surface area contributed by atoms with Crippen LogP contribution in [-0.4, -0.2) is 12.1 Å². The average molecular weight is 188 g/mol. The molecule has 1 aromatic rings. The minimum absolute atomic E-state index is 0.409. The van der Waals surface area contributed by atoms with Crippen molar-refractivity contribution in [3.8, 4) is 0 Å². The summed E-state index contributed by atoms with van der Waals surface area (Å²) in [6.45, 7) is 7.63. The van der Waals surface area contributed by atoms with Gasteiger partial charge in [0.15, 0.2) is 0 Å². The molecule has 1 aromatic carbocycles. The van der Waals surface area contributed by atoms with E-state index in [-0.39, 0.29) is 0 Å². The van der Waals surface area contributed by atoms with Crippen molar-refractivity contribution in [2.75, 3.05) is 0 Å². The van der Waals surface area contributed by atoms with Crippen LogP contribution in [0.5, 0.6) is 0 Å². The summed E-state index contributed by atoms with van der Waals surface area (Å²) in [7, 11) is -0.793. The standard InChI is InChI=1S/C11H13BO2/c1-4-8-5-6-10-9(7-8)11(2,3)14-12(10)13/h4-7,13H,1H2,2-3H3. The SMILES string of the molecule is C=Cc1ccc2c(c1)C(C)(C)OB2O. The predicted octanol–water partition coefficient (Wildman–Crippen LogP) is 1.28. The highest BCUT2D eigenvalue weighted by atomic mass is 16.5. The molecule has 1 aliphatic rings. The summed E-state index contributed by atoms with van der Waals surface area (Å²) < 4.78 is 5.44. The summed E-state index contributed by atoms with van der Waals surface area (Å²) in [6, 6.07) is 5.84. The van der Waals surface area contributed by atoms with Crippen molar-refractivity contribution >= 4 is 18.7 Å². The van der Waals surface area contributed by atoms with Gasteiger partial charge in [-0.05, 0) is 36.5 Å². The van der Waals surface area contributed by atoms with Gasteiger partial charge in [0.25, 0.3) is 0 Å². The van der Waals surface area contributed by atoms with Crippen LogP contribution in [-0.2, 0) is 10.3 Å². The van der Waals surface area contributed by atoms with E-state index in [9.17, 15) is 5.02 Å². The molecule has 72 valence electrons. The predicted molar refractivity (Wildman–Crippen MR) is 58.3 cm³/mol. The second-order valence-corrected chi connectivity index (χ2v) is 4.03. The summed E-state index contributed by atoms with van der Waals surface area (Å²) in [4.78, 5) is 0. The fourth-order valence-electron chi connectivity index (χ4n) is 1.84. The smallest absolute Gasteiger partial charge is 0.423 e. The molecule has 0 unspecified atom stereocenters. The van der Waals surface area contributed by atoms with Crippen LogP contribution in [0.2, 0.25) is 0 Å². The van der Waals surface area contributed by atoms with Gasteiger partial charge in [-0.3, -0.25) is 0 Å². The van der Waals surface area contributed by atoms with E-state index < -0.39 is 12.7 Å². The van der Waals surface area contributed by atoms with Crippen LogP contribution in [0.1, 0.15) is 25.0 Å². The Labute approximate surface area is 84.4 Å². The van der Waals surface area contributed by atoms with Crippen molar-refractivity contribution in [3.05, 3.63) is 35.9 Å². The lowest BCUT2D eigenvalue weighted by Crippen LogP contribution is -2.28. The Bertz CT molecular complexity index is 385. The average Bonchev–Trinajstić information content (AvgIpc) is 2.37. The van der Waals surface area contributed by atoms with Gasteiger partial charge in [0, 0.05) is 0 Å². The quantitative estimate of drug-likeness (QED) is 0.672. The molecule has 1 aliphatic heterocycles. The van der Waals surface area contributed by atoms with Crippen molar-refractivity contribution in [1.82, 2.24) is 0 Å². The molecule has 3 heteroatoms. The van der Waals surface area contributed by atoms with Crippen molar-refractivity contribution in [3.63, 3.8) is 0 Å². The highest BCUT2D eigenvalue weighted by Gasteiger charge is 2.40. The molecular weight excluding hydrogens is 175 g/mol. The van der Waals surface area contributed by atoms with Crippen molar-refractivity contribution in [2.45, 2.75) is 19.4 Å². The van der Waals surface area contributed by atoms with Crippen molar-refractivity contribution in [2.24, 2.45) is 0 Å². The number of benzene rings is 1. The third-order valence-corrected chi connectivity index (χ3v) is 2.63. The van der Waals surface area contributed by atoms with Gasteiger partial charge in [0.05, 0.1) is 5.60 Å². The second kappa shape index (κ2) is 2.97. The van der Waals surface area contributed by atoms with Crippen molar-refractivity contribution in [1.29, 1.82) is 0 Å². The molecular formula is C11H13BO2. The molecule has 2 rings (SSSR count). The fraction of sp³-hybridized carbons (Fsp3) is 0.273. The molecule has 0 spiro atoms. The van der Waals surface area contributed by atoms with Gasteiger partial charge in [-0.15, -0.1) is 0 Å². The first kappa shape index (κ1) is 9.50. The van der Waals surface area contributed by atoms with E-state index in [0.29, 0.717) is 0 Å². The van der Waals surface area contributed by atoms with Crippen LogP contribution in [0.4, 0.5) is 0 Å². The Balaban J connectivity index is 2.59. The molecule has 1 heterocycles. The lowest BCUT2D eigenvalue weighted by molar-refractivity contribution is 0.101. The van der Waals surface area contributed by atoms with Crippen molar-refractivity contribution < 1.29 is 9.68 Å². The summed E-state index contributed by atoms with van der Waals surface area (Å²) in [5, 5.41) is 9.63. The van der Waals surface area contributed by atoms with E-state index in [0.717, 1.165) is 16.6 Å². The molecule has 2 nitrogen and oxygen atoms in total. The van der Waals surface area contributed by atoms with E-state index in [1.54, 1.807) is 6.08 Å². The van der Waals surface area contributed by atoms with Gasteiger partial charge in [0.1, 0.15) is 0 Å². The van der Waals surface area contributed by atoms with E-state index in [4.69, 9.17) is 4.65 Å². The van der Waals surface area contributed by atoms with Crippen LogP contribution in [0.25, 0.3) is 6.08 Å². The highest BCUT2D eigenvalue weighted by Crippen LogP contribution is 2.30. The zero-order valence-electron chi connectivity index (χ0n) is 8.45. The minimum atomic E-state index is -0.793. The van der Waals surface area contributed by atoms with Gasteiger partial charge in [-0.25, -0.2) is 0 Å². The fourth-order valence-corrected chi connectivity index (χ4v) is 1.84. The third-order valence-electron chi connectivity index (χ3n) is 2.63. The zero-order valence-corrected chi connectivity index (χ0v) is 8.45. The van der Waals surface area contributed by atoms with Gasteiger partial charge < -0.3 is 9.68 Å². The molecule has 0 bridgehead atoms. The Morgan fingerprint density at radius 1 is 1.50 bits per heavy atom. The van der Waals surface area contributed by atoms with E-state index in [1.165, 1.54) is 0 Å². The van der Waals surface area contributed by atoms with Crippen LogP contribution < -0.4 is 5.46 Å². The maximum absolute atomic E-state index is 9.63. The number of hydrogen-bond donors (Lipinski definition) is 1. The largest absolute Gasteiger partial charge is 0.492 e. The van der Waals surface area contributed by atoms with E-state index >= 15 is 0 Å². The van der Waals surface area contributed by atoms with Gasteiger partial charge >= 0.3 is 7.12 Å². The number of rotatable bonds is 1.